The van der Waals surface area contributed by atoms with E-state index in [4.69, 9.17) is 9.47 Å². The van der Waals surface area contributed by atoms with E-state index in [0.29, 0.717) is 11.3 Å². The molecule has 2 aliphatic heterocycles. The van der Waals surface area contributed by atoms with Crippen molar-refractivity contribution in [2.75, 3.05) is 12.4 Å². The Kier molecular flexibility index (Phi) is 5.90. The molecule has 3 atom stereocenters. The van der Waals surface area contributed by atoms with E-state index < -0.39 is 46.0 Å². The molecule has 2 amide bonds. The van der Waals surface area contributed by atoms with Gasteiger partial charge >= 0.3 is 5.97 Å². The van der Waals surface area contributed by atoms with Crippen LogP contribution in [0.3, 0.4) is 0 Å². The van der Waals surface area contributed by atoms with Gasteiger partial charge < -0.3 is 19.3 Å². The number of ether oxygens (including phenoxy) is 2. The zero-order valence-electron chi connectivity index (χ0n) is 16.8. The Morgan fingerprint density at radius 1 is 1.28 bits per heavy atom. The lowest BCUT2D eigenvalue weighted by atomic mass is 10.0. The van der Waals surface area contributed by atoms with Crippen LogP contribution in [0.15, 0.2) is 41.6 Å². The zero-order chi connectivity index (χ0) is 21.3. The monoisotopic (exact) mass is 420 g/mol. The summed E-state index contributed by atoms with van der Waals surface area (Å²) in [7, 11) is 0. The van der Waals surface area contributed by atoms with Gasteiger partial charge in [0.05, 0.1) is 0 Å². The zero-order valence-corrected chi connectivity index (χ0v) is 17.6. The van der Waals surface area contributed by atoms with Gasteiger partial charge in [0, 0.05) is 5.57 Å². The number of nitrogens with one attached hydrogen (secondary N) is 1. The summed E-state index contributed by atoms with van der Waals surface area (Å²) in [6.45, 7) is 6.56. The van der Waals surface area contributed by atoms with Gasteiger partial charge in [-0.3, -0.25) is 14.5 Å². The fraction of sp³-hybridized carbons (Fsp3) is 0.450. The number of benzene rings is 1. The molecule has 29 heavy (non-hydrogen) atoms. The van der Waals surface area contributed by atoms with Gasteiger partial charge in [0.2, 0.25) is 5.37 Å². The molecule has 0 aliphatic carbocycles. The van der Waals surface area contributed by atoms with Gasteiger partial charge in [-0.1, -0.05) is 18.2 Å². The van der Waals surface area contributed by atoms with E-state index in [1.54, 1.807) is 52.0 Å². The lowest BCUT2D eigenvalue weighted by molar-refractivity contribution is -0.159. The molecule has 3 rings (SSSR count). The second kappa shape index (κ2) is 8.08. The second-order valence-electron chi connectivity index (χ2n) is 7.90. The third-order valence-corrected chi connectivity index (χ3v) is 6.08. The quantitative estimate of drug-likeness (QED) is 0.434. The van der Waals surface area contributed by atoms with Gasteiger partial charge in [0.25, 0.3) is 11.8 Å². The smallest absolute Gasteiger partial charge is 0.355 e. The molecule has 8 nitrogen and oxygen atoms in total. The number of hydrogen-bond donors (Lipinski definition) is 1. The third-order valence-electron chi connectivity index (χ3n) is 4.34. The van der Waals surface area contributed by atoms with Crippen molar-refractivity contribution >= 4 is 29.0 Å². The summed E-state index contributed by atoms with van der Waals surface area (Å²) < 4.78 is 23.3. The summed E-state index contributed by atoms with van der Waals surface area (Å²) in [6.07, 6.45) is 0. The Bertz CT molecular complexity index is 848. The molecule has 1 aromatic carbocycles. The first-order valence-corrected chi connectivity index (χ1v) is 10.6. The van der Waals surface area contributed by atoms with Crippen molar-refractivity contribution < 1.29 is 28.4 Å². The van der Waals surface area contributed by atoms with Crippen LogP contribution in [0.2, 0.25) is 0 Å². The highest BCUT2D eigenvalue weighted by Gasteiger charge is 2.60. The Balaban J connectivity index is 1.67. The molecule has 1 N–H and O–H groups in total. The van der Waals surface area contributed by atoms with Crippen molar-refractivity contribution in [2.24, 2.45) is 0 Å². The molecule has 1 aromatic rings. The molecule has 0 radical (unpaired) electrons. The van der Waals surface area contributed by atoms with Crippen LogP contribution < -0.4 is 10.1 Å². The first-order chi connectivity index (χ1) is 13.6. The highest BCUT2D eigenvalue weighted by molar-refractivity contribution is 7.92. The number of esters is 1. The second-order valence-corrected chi connectivity index (χ2v) is 9.43. The SMILES string of the molecule is CC1=C(C(=O)OC(C)(C)C)N2C(=O)C(NC(=O)COc3ccccc3)[C@@H]2[S+]([O-])C1. The van der Waals surface area contributed by atoms with Crippen LogP contribution in [0.5, 0.6) is 5.75 Å². The molecule has 156 valence electrons. The minimum atomic E-state index is -1.44. The lowest BCUT2D eigenvalue weighted by Crippen LogP contribution is -2.75. The minimum absolute atomic E-state index is 0.112. The van der Waals surface area contributed by atoms with Crippen LogP contribution in [0.1, 0.15) is 27.7 Å². The Morgan fingerprint density at radius 2 is 1.93 bits per heavy atom. The first kappa shape index (κ1) is 21.2. The van der Waals surface area contributed by atoms with Gasteiger partial charge in [-0.2, -0.15) is 0 Å². The number of carbonyl (C=O) groups excluding carboxylic acids is 3. The van der Waals surface area contributed by atoms with Crippen LogP contribution in [-0.4, -0.2) is 56.6 Å². The number of rotatable bonds is 5. The van der Waals surface area contributed by atoms with Crippen molar-refractivity contribution in [1.82, 2.24) is 10.2 Å². The topological polar surface area (TPSA) is 108 Å². The average Bonchev–Trinajstić information content (AvgIpc) is 2.63. The van der Waals surface area contributed by atoms with Crippen LogP contribution >= 0.6 is 0 Å². The van der Waals surface area contributed by atoms with Crippen molar-refractivity contribution in [3.63, 3.8) is 0 Å². The summed E-state index contributed by atoms with van der Waals surface area (Å²) in [5.41, 5.74) is -0.0906. The molecule has 2 aliphatic rings. The first-order valence-electron chi connectivity index (χ1n) is 9.19. The van der Waals surface area contributed by atoms with E-state index in [1.807, 2.05) is 6.07 Å². The van der Waals surface area contributed by atoms with Crippen molar-refractivity contribution in [2.45, 2.75) is 44.7 Å². The van der Waals surface area contributed by atoms with Gasteiger partial charge in [-0.05, 0) is 51.0 Å². The van der Waals surface area contributed by atoms with Gasteiger partial charge in [-0.15, -0.1) is 0 Å². The molecular weight excluding hydrogens is 396 g/mol. The normalized spacial score (nSPS) is 23.8. The predicted octanol–water partition coefficient (Wildman–Crippen LogP) is 1.10. The maximum Gasteiger partial charge on any atom is 0.355 e. The maximum absolute atomic E-state index is 12.7. The molecule has 2 unspecified atom stereocenters. The summed E-state index contributed by atoms with van der Waals surface area (Å²) in [4.78, 5) is 38.6. The number of hydrogen-bond acceptors (Lipinski definition) is 6. The minimum Gasteiger partial charge on any atom is -0.614 e. The number of amides is 2. The fourth-order valence-electron chi connectivity index (χ4n) is 3.16. The molecule has 0 saturated carbocycles. The van der Waals surface area contributed by atoms with E-state index in [-0.39, 0.29) is 18.1 Å². The van der Waals surface area contributed by atoms with Crippen molar-refractivity contribution in [3.05, 3.63) is 41.6 Å². The van der Waals surface area contributed by atoms with Crippen molar-refractivity contribution in [1.29, 1.82) is 0 Å². The highest BCUT2D eigenvalue weighted by Crippen LogP contribution is 2.37. The highest BCUT2D eigenvalue weighted by atomic mass is 32.2. The Morgan fingerprint density at radius 3 is 2.55 bits per heavy atom. The summed E-state index contributed by atoms with van der Waals surface area (Å²) >= 11 is -1.44. The van der Waals surface area contributed by atoms with Gasteiger partial charge in [0.15, 0.2) is 12.6 Å². The van der Waals surface area contributed by atoms with Crippen LogP contribution in [0.25, 0.3) is 0 Å². The molecule has 0 aromatic heterocycles. The van der Waals surface area contributed by atoms with E-state index in [1.165, 1.54) is 4.90 Å². The molecule has 0 bridgehead atoms. The van der Waals surface area contributed by atoms with Gasteiger partial charge in [-0.25, -0.2) is 4.79 Å². The van der Waals surface area contributed by atoms with Gasteiger partial charge in [0.1, 0.15) is 22.8 Å². The average molecular weight is 420 g/mol. The lowest BCUT2D eigenvalue weighted by Gasteiger charge is -2.49. The molecule has 9 heteroatoms. The summed E-state index contributed by atoms with van der Waals surface area (Å²) in [5, 5.41) is 1.77. The fourth-order valence-corrected chi connectivity index (χ4v) is 4.82. The summed E-state index contributed by atoms with van der Waals surface area (Å²) in [5.74, 6) is -0.973. The largest absolute Gasteiger partial charge is 0.614 e. The standard InChI is InChI=1S/C20H24N2O6S/c1-12-11-29(26)18-15(21-14(23)10-27-13-8-6-5-7-9-13)17(24)22(18)16(12)19(25)28-20(2,3)4/h5-9,15,18H,10-11H2,1-4H3,(H,21,23)/t15?,18-,29?/m0/s1. The number of carbonyl (C=O) groups is 3. The van der Waals surface area contributed by atoms with Crippen LogP contribution in [0.4, 0.5) is 0 Å². The van der Waals surface area contributed by atoms with E-state index in [9.17, 15) is 18.9 Å². The molecule has 2 heterocycles. The molecule has 1 fully saturated rings. The van der Waals surface area contributed by atoms with E-state index in [0.717, 1.165) is 0 Å². The predicted molar refractivity (Wildman–Crippen MR) is 106 cm³/mol. The summed E-state index contributed by atoms with van der Waals surface area (Å²) in [6, 6.07) is 7.83. The Labute approximate surface area is 172 Å². The van der Waals surface area contributed by atoms with Crippen molar-refractivity contribution in [3.8, 4) is 5.75 Å². The van der Waals surface area contributed by atoms with Crippen LogP contribution in [-0.2, 0) is 30.3 Å². The number of β-lactam (4-membered cyclic amide) rings is 1. The van der Waals surface area contributed by atoms with E-state index >= 15 is 0 Å². The maximum atomic E-state index is 12.7. The molecular formula is C20H24N2O6S. The number of fused-ring (bicyclic) bond motifs is 1. The number of para-hydroxylation sites is 1. The number of nitrogens with zero attached hydrogens (tertiary/aromatic N) is 1. The Hall–Kier alpha value is -2.52. The van der Waals surface area contributed by atoms with Crippen LogP contribution in [0, 0.1) is 0 Å². The molecule has 0 spiro atoms. The molecule has 1 saturated heterocycles. The third kappa shape index (κ3) is 4.56. The van der Waals surface area contributed by atoms with E-state index in [2.05, 4.69) is 5.32 Å².